The van der Waals surface area contributed by atoms with Gasteiger partial charge in [0.2, 0.25) is 0 Å². The van der Waals surface area contributed by atoms with E-state index in [4.69, 9.17) is 37.0 Å². The molecule has 0 saturated carbocycles. The summed E-state index contributed by atoms with van der Waals surface area (Å²) in [6.07, 6.45) is 44.6. The Morgan fingerprint density at radius 2 is 0.541 bits per heavy atom. The van der Waals surface area contributed by atoms with E-state index in [0.717, 1.165) is 115 Å². The first-order valence-corrected chi connectivity index (χ1v) is 37.6. The largest absolute Gasteiger partial charge is 0.472 e. The van der Waals surface area contributed by atoms with Crippen molar-refractivity contribution >= 4 is 39.5 Å². The molecule has 0 rings (SSSR count). The predicted molar refractivity (Wildman–Crippen MR) is 340 cm³/mol. The van der Waals surface area contributed by atoms with Crippen molar-refractivity contribution in [1.82, 2.24) is 0 Å². The first-order chi connectivity index (χ1) is 41.0. The van der Waals surface area contributed by atoms with Crippen LogP contribution >= 0.6 is 15.6 Å². The number of carbonyl (C=O) groups is 4. The molecule has 0 radical (unpaired) electrons. The molecule has 17 nitrogen and oxygen atoms in total. The second-order valence-corrected chi connectivity index (χ2v) is 27.2. The first-order valence-electron chi connectivity index (χ1n) is 34.6. The quantitative estimate of drug-likeness (QED) is 0.0222. The van der Waals surface area contributed by atoms with Crippen molar-refractivity contribution < 1.29 is 80.2 Å². The Kier molecular flexibility index (Phi) is 58.3. The van der Waals surface area contributed by atoms with Gasteiger partial charge >= 0.3 is 39.5 Å². The maximum absolute atomic E-state index is 13.0. The molecule has 0 amide bonds. The van der Waals surface area contributed by atoms with Crippen LogP contribution in [0, 0.1) is 5.92 Å². The number of hydrogen-bond acceptors (Lipinski definition) is 15. The molecule has 0 spiro atoms. The van der Waals surface area contributed by atoms with E-state index in [-0.39, 0.29) is 25.7 Å². The Morgan fingerprint density at radius 1 is 0.318 bits per heavy atom. The Balaban J connectivity index is 5.18. The Bertz CT molecular complexity index is 1650. The minimum absolute atomic E-state index is 0.105. The molecule has 0 aliphatic heterocycles. The summed E-state index contributed by atoms with van der Waals surface area (Å²) < 4.78 is 67.9. The van der Waals surface area contributed by atoms with Gasteiger partial charge in [0.15, 0.2) is 12.2 Å². The molecule has 85 heavy (non-hydrogen) atoms. The van der Waals surface area contributed by atoms with Gasteiger partial charge in [0.25, 0.3) is 0 Å². The lowest BCUT2D eigenvalue weighted by atomic mass is 10.0. The molecule has 0 fully saturated rings. The van der Waals surface area contributed by atoms with E-state index >= 15 is 0 Å². The van der Waals surface area contributed by atoms with Gasteiger partial charge in [-0.3, -0.25) is 37.3 Å². The van der Waals surface area contributed by atoms with Crippen LogP contribution in [-0.4, -0.2) is 96.7 Å². The Labute approximate surface area is 517 Å². The van der Waals surface area contributed by atoms with Crippen molar-refractivity contribution in [3.05, 3.63) is 0 Å². The van der Waals surface area contributed by atoms with Crippen LogP contribution in [0.25, 0.3) is 0 Å². The number of ether oxygens (including phenoxy) is 4. The summed E-state index contributed by atoms with van der Waals surface area (Å²) in [4.78, 5) is 72.1. The lowest BCUT2D eigenvalue weighted by Gasteiger charge is -2.21. The molecule has 0 aliphatic carbocycles. The van der Waals surface area contributed by atoms with Crippen LogP contribution < -0.4 is 0 Å². The summed E-state index contributed by atoms with van der Waals surface area (Å²) in [5.74, 6) is -1.35. The molecule has 0 saturated heterocycles. The van der Waals surface area contributed by atoms with Crippen LogP contribution in [0.15, 0.2) is 0 Å². The topological polar surface area (TPSA) is 237 Å². The molecule has 0 bridgehead atoms. The van der Waals surface area contributed by atoms with Gasteiger partial charge in [-0.15, -0.1) is 0 Å². The zero-order valence-corrected chi connectivity index (χ0v) is 56.5. The molecule has 0 aromatic carbocycles. The number of carbonyl (C=O) groups excluding carboxylic acids is 4. The average Bonchev–Trinajstić information content (AvgIpc) is 3.52. The third-order valence-electron chi connectivity index (χ3n) is 15.3. The highest BCUT2D eigenvalue weighted by Crippen LogP contribution is 2.45. The predicted octanol–water partition coefficient (Wildman–Crippen LogP) is 18.6. The molecular formula is C66H128O17P2. The third kappa shape index (κ3) is 60.7. The second-order valence-electron chi connectivity index (χ2n) is 24.3. The standard InChI is InChI=1S/C66H128O17P2/c1-6-9-12-15-18-20-21-22-25-28-31-36-40-45-50-64(69)77-56-62(83-66(71)52-47-42-37-32-29-26-23-24-27-30-34-38-43-48-59(4)5)58-81-85(74,75)79-54-60(67)53-78-84(72,73)80-57-61(55-76-63(68)49-44-39-33-17-14-11-8-3)82-65(70)51-46-41-35-19-16-13-10-7-2/h59-62,67H,6-58H2,1-5H3,(H,72,73)(H,74,75)/t60-,61+,62+/m0/s1. The number of hydrogen-bond donors (Lipinski definition) is 3. The number of phosphoric ester groups is 2. The van der Waals surface area contributed by atoms with E-state index in [1.165, 1.54) is 141 Å². The van der Waals surface area contributed by atoms with Crippen molar-refractivity contribution in [2.24, 2.45) is 5.92 Å². The van der Waals surface area contributed by atoms with Crippen molar-refractivity contribution in [2.45, 2.75) is 355 Å². The van der Waals surface area contributed by atoms with Crippen LogP contribution in [0.3, 0.4) is 0 Å². The highest BCUT2D eigenvalue weighted by Gasteiger charge is 2.30. The molecule has 2 unspecified atom stereocenters. The van der Waals surface area contributed by atoms with E-state index in [1.807, 2.05) is 0 Å². The fourth-order valence-electron chi connectivity index (χ4n) is 9.94. The number of aliphatic hydroxyl groups is 1. The fraction of sp³-hybridized carbons (Fsp3) is 0.939. The summed E-state index contributed by atoms with van der Waals surface area (Å²) >= 11 is 0. The number of phosphoric acid groups is 2. The minimum atomic E-state index is -4.95. The van der Waals surface area contributed by atoms with E-state index in [9.17, 15) is 43.2 Å². The van der Waals surface area contributed by atoms with Crippen molar-refractivity contribution in [3.8, 4) is 0 Å². The molecule has 504 valence electrons. The summed E-state index contributed by atoms with van der Waals surface area (Å²) in [6.45, 7) is 7.17. The average molecular weight is 1260 g/mol. The van der Waals surface area contributed by atoms with Gasteiger partial charge in [-0.1, -0.05) is 285 Å². The molecule has 5 atom stereocenters. The van der Waals surface area contributed by atoms with E-state index in [1.54, 1.807) is 0 Å². The van der Waals surface area contributed by atoms with Gasteiger partial charge in [-0.2, -0.15) is 0 Å². The maximum Gasteiger partial charge on any atom is 0.472 e. The van der Waals surface area contributed by atoms with Crippen molar-refractivity contribution in [3.63, 3.8) is 0 Å². The van der Waals surface area contributed by atoms with E-state index in [0.29, 0.717) is 25.7 Å². The Hall–Kier alpha value is -1.94. The van der Waals surface area contributed by atoms with Gasteiger partial charge in [0.1, 0.15) is 19.3 Å². The van der Waals surface area contributed by atoms with Gasteiger partial charge in [-0.05, 0) is 31.6 Å². The molecule has 19 heteroatoms. The van der Waals surface area contributed by atoms with E-state index in [2.05, 4.69) is 34.6 Å². The van der Waals surface area contributed by atoms with E-state index < -0.39 is 97.5 Å². The maximum atomic E-state index is 13.0. The minimum Gasteiger partial charge on any atom is -0.462 e. The fourth-order valence-corrected chi connectivity index (χ4v) is 11.5. The summed E-state index contributed by atoms with van der Waals surface area (Å²) in [7, 11) is -9.88. The lowest BCUT2D eigenvalue weighted by Crippen LogP contribution is -2.30. The molecule has 3 N–H and O–H groups in total. The summed E-state index contributed by atoms with van der Waals surface area (Å²) in [5, 5.41) is 10.5. The van der Waals surface area contributed by atoms with Crippen LogP contribution in [0.1, 0.15) is 336 Å². The zero-order valence-electron chi connectivity index (χ0n) is 54.7. The highest BCUT2D eigenvalue weighted by atomic mass is 31.2. The van der Waals surface area contributed by atoms with Crippen LogP contribution in [0.4, 0.5) is 0 Å². The third-order valence-corrected chi connectivity index (χ3v) is 17.2. The first kappa shape index (κ1) is 83.1. The van der Waals surface area contributed by atoms with Crippen LogP contribution in [0.5, 0.6) is 0 Å². The zero-order chi connectivity index (χ0) is 62.8. The smallest absolute Gasteiger partial charge is 0.462 e. The van der Waals surface area contributed by atoms with Gasteiger partial charge in [0, 0.05) is 25.7 Å². The Morgan fingerprint density at radius 3 is 0.800 bits per heavy atom. The van der Waals surface area contributed by atoms with Gasteiger partial charge in [-0.25, -0.2) is 9.13 Å². The van der Waals surface area contributed by atoms with Gasteiger partial charge in [0.05, 0.1) is 26.4 Å². The monoisotopic (exact) mass is 1250 g/mol. The summed E-state index contributed by atoms with van der Waals surface area (Å²) in [5.41, 5.74) is 0. The normalized spacial score (nSPS) is 14.2. The van der Waals surface area contributed by atoms with Crippen molar-refractivity contribution in [2.75, 3.05) is 39.6 Å². The molecule has 0 heterocycles. The highest BCUT2D eigenvalue weighted by molar-refractivity contribution is 7.47. The summed E-state index contributed by atoms with van der Waals surface area (Å²) in [6, 6.07) is 0. The number of rotatable bonds is 66. The van der Waals surface area contributed by atoms with Gasteiger partial charge < -0.3 is 33.8 Å². The second kappa shape index (κ2) is 59.7. The lowest BCUT2D eigenvalue weighted by molar-refractivity contribution is -0.161. The molecule has 0 aromatic heterocycles. The number of esters is 4. The molecular weight excluding hydrogens is 1130 g/mol. The SMILES string of the molecule is CCCCCCCCCCCCCCCCC(=O)OC[C@H](COP(=O)(O)OC[C@@H](O)COP(=O)(O)OC[C@@H](COC(=O)CCCCCCCCC)OC(=O)CCCCCCCCCC)OC(=O)CCCCCCCCCCCCCCCC(C)C. The molecule has 0 aromatic rings. The van der Waals surface area contributed by atoms with Crippen molar-refractivity contribution in [1.29, 1.82) is 0 Å². The number of unbranched alkanes of at least 4 members (excludes halogenated alkanes) is 38. The van der Waals surface area contributed by atoms with Crippen LogP contribution in [0.2, 0.25) is 0 Å². The van der Waals surface area contributed by atoms with Crippen LogP contribution in [-0.2, 0) is 65.4 Å². The number of aliphatic hydroxyl groups excluding tert-OH is 1. The molecule has 0 aliphatic rings.